The molecule has 2 unspecified atom stereocenters. The first-order chi connectivity index (χ1) is 8.19. The number of rotatable bonds is 2. The van der Waals surface area contributed by atoms with Crippen LogP contribution in [0.15, 0.2) is 6.20 Å². The van der Waals surface area contributed by atoms with Gasteiger partial charge in [0.15, 0.2) is 0 Å². The molecule has 1 saturated carbocycles. The van der Waals surface area contributed by atoms with Gasteiger partial charge in [-0.05, 0) is 44.9 Å². The average Bonchev–Trinajstić information content (AvgIpc) is 2.73. The van der Waals surface area contributed by atoms with Crippen molar-refractivity contribution in [2.75, 3.05) is 6.61 Å². The Balaban J connectivity index is 1.71. The van der Waals surface area contributed by atoms with Crippen molar-refractivity contribution in [3.05, 3.63) is 16.1 Å². The van der Waals surface area contributed by atoms with Crippen molar-refractivity contribution in [1.82, 2.24) is 4.98 Å². The SMILES string of the molecule is Cc1ncc(C(O)C2CCOC3(CCC3)C2)s1. The fraction of sp³-hybridized carbons (Fsp3) is 0.769. The number of ether oxygens (including phenoxy) is 1. The number of hydrogen-bond acceptors (Lipinski definition) is 4. The zero-order chi connectivity index (χ0) is 11.9. The first-order valence-corrected chi connectivity index (χ1v) is 7.25. The van der Waals surface area contributed by atoms with Crippen molar-refractivity contribution < 1.29 is 9.84 Å². The van der Waals surface area contributed by atoms with Gasteiger partial charge in [-0.25, -0.2) is 4.98 Å². The normalized spacial score (nSPS) is 28.9. The lowest BCUT2D eigenvalue weighted by Gasteiger charge is -2.48. The third-order valence-electron chi connectivity index (χ3n) is 4.17. The first-order valence-electron chi connectivity index (χ1n) is 6.43. The summed E-state index contributed by atoms with van der Waals surface area (Å²) in [5.41, 5.74) is 0.115. The Bertz CT molecular complexity index is 400. The standard InChI is InChI=1S/C13H19NO2S/c1-9-14-8-11(17-9)12(15)10-3-6-16-13(7-10)4-2-5-13/h8,10,12,15H,2-7H2,1H3. The molecule has 2 heterocycles. The van der Waals surface area contributed by atoms with E-state index in [-0.39, 0.29) is 11.7 Å². The summed E-state index contributed by atoms with van der Waals surface area (Å²) in [6.07, 6.45) is 7.11. The lowest BCUT2D eigenvalue weighted by atomic mass is 9.71. The molecule has 94 valence electrons. The molecule has 1 aromatic heterocycles. The van der Waals surface area contributed by atoms with Crippen LogP contribution in [0.2, 0.25) is 0 Å². The molecular weight excluding hydrogens is 234 g/mol. The molecular formula is C13H19NO2S. The van der Waals surface area contributed by atoms with E-state index in [2.05, 4.69) is 4.98 Å². The van der Waals surface area contributed by atoms with E-state index in [4.69, 9.17) is 4.74 Å². The highest BCUT2D eigenvalue weighted by molar-refractivity contribution is 7.11. The fourth-order valence-electron chi connectivity index (χ4n) is 3.00. The van der Waals surface area contributed by atoms with Crippen molar-refractivity contribution in [1.29, 1.82) is 0 Å². The van der Waals surface area contributed by atoms with Crippen LogP contribution >= 0.6 is 11.3 Å². The largest absolute Gasteiger partial charge is 0.387 e. The second-order valence-electron chi connectivity index (χ2n) is 5.36. The maximum Gasteiger partial charge on any atom is 0.0928 e. The second-order valence-corrected chi connectivity index (χ2v) is 6.63. The number of hydrogen-bond donors (Lipinski definition) is 1. The van der Waals surface area contributed by atoms with Gasteiger partial charge < -0.3 is 9.84 Å². The average molecular weight is 253 g/mol. The molecule has 1 N–H and O–H groups in total. The summed E-state index contributed by atoms with van der Waals surface area (Å²) in [5, 5.41) is 11.5. The molecule has 0 amide bonds. The number of aliphatic hydroxyl groups is 1. The minimum atomic E-state index is -0.345. The molecule has 2 fully saturated rings. The number of thiazole rings is 1. The molecule has 4 heteroatoms. The summed E-state index contributed by atoms with van der Waals surface area (Å²) in [6.45, 7) is 2.79. The van der Waals surface area contributed by atoms with Gasteiger partial charge >= 0.3 is 0 Å². The van der Waals surface area contributed by atoms with E-state index >= 15 is 0 Å². The quantitative estimate of drug-likeness (QED) is 0.881. The maximum absolute atomic E-state index is 10.4. The van der Waals surface area contributed by atoms with Gasteiger partial charge in [-0.15, -0.1) is 11.3 Å². The Kier molecular flexibility index (Phi) is 2.97. The van der Waals surface area contributed by atoms with Crippen LogP contribution in [0.25, 0.3) is 0 Å². The van der Waals surface area contributed by atoms with Gasteiger partial charge in [0.05, 0.1) is 21.6 Å². The lowest BCUT2D eigenvalue weighted by molar-refractivity contribution is -0.157. The van der Waals surface area contributed by atoms with Gasteiger partial charge in [0, 0.05) is 12.8 Å². The topological polar surface area (TPSA) is 42.4 Å². The third-order valence-corrected chi connectivity index (χ3v) is 5.16. The van der Waals surface area contributed by atoms with E-state index in [9.17, 15) is 5.11 Å². The molecule has 0 radical (unpaired) electrons. The third kappa shape index (κ3) is 2.14. The molecule has 1 aliphatic carbocycles. The minimum Gasteiger partial charge on any atom is -0.387 e. The number of aromatic nitrogens is 1. The smallest absolute Gasteiger partial charge is 0.0928 e. The van der Waals surface area contributed by atoms with Crippen LogP contribution in [-0.2, 0) is 4.74 Å². The van der Waals surface area contributed by atoms with Gasteiger partial charge in [-0.2, -0.15) is 0 Å². The van der Waals surface area contributed by atoms with Crippen molar-refractivity contribution in [2.24, 2.45) is 5.92 Å². The lowest BCUT2D eigenvalue weighted by Crippen LogP contribution is -2.46. The molecule has 2 atom stereocenters. The molecule has 1 aromatic rings. The van der Waals surface area contributed by atoms with Gasteiger partial charge in [0.1, 0.15) is 0 Å². The highest BCUT2D eigenvalue weighted by atomic mass is 32.1. The van der Waals surface area contributed by atoms with Crippen LogP contribution in [-0.4, -0.2) is 22.3 Å². The molecule has 17 heavy (non-hydrogen) atoms. The predicted molar refractivity (Wildman–Crippen MR) is 67.1 cm³/mol. The summed E-state index contributed by atoms with van der Waals surface area (Å²) in [7, 11) is 0. The number of nitrogens with zero attached hydrogens (tertiary/aromatic N) is 1. The van der Waals surface area contributed by atoms with Crippen LogP contribution in [0.3, 0.4) is 0 Å². The summed E-state index contributed by atoms with van der Waals surface area (Å²) in [5.74, 6) is 0.351. The Hall–Kier alpha value is -0.450. The van der Waals surface area contributed by atoms with Crippen LogP contribution in [0.1, 0.15) is 48.1 Å². The minimum absolute atomic E-state index is 0.115. The molecule has 3 rings (SSSR count). The Labute approximate surface area is 106 Å². The maximum atomic E-state index is 10.4. The Morgan fingerprint density at radius 1 is 1.59 bits per heavy atom. The van der Waals surface area contributed by atoms with E-state index in [0.29, 0.717) is 5.92 Å². The molecule has 3 nitrogen and oxygen atoms in total. The monoisotopic (exact) mass is 253 g/mol. The van der Waals surface area contributed by atoms with Crippen molar-refractivity contribution in [3.63, 3.8) is 0 Å². The molecule has 1 aliphatic heterocycles. The van der Waals surface area contributed by atoms with E-state index in [1.807, 2.05) is 13.1 Å². The molecule has 2 aliphatic rings. The highest BCUT2D eigenvalue weighted by Crippen LogP contribution is 2.47. The van der Waals surface area contributed by atoms with Crippen molar-refractivity contribution in [3.8, 4) is 0 Å². The van der Waals surface area contributed by atoms with Crippen LogP contribution in [0.4, 0.5) is 0 Å². The summed E-state index contributed by atoms with van der Waals surface area (Å²) in [4.78, 5) is 5.25. The van der Waals surface area contributed by atoms with Gasteiger partial charge in [-0.1, -0.05) is 0 Å². The molecule has 1 saturated heterocycles. The van der Waals surface area contributed by atoms with Crippen LogP contribution in [0.5, 0.6) is 0 Å². The predicted octanol–water partition coefficient (Wildman–Crippen LogP) is 2.83. The van der Waals surface area contributed by atoms with E-state index in [1.165, 1.54) is 19.3 Å². The molecule has 0 aromatic carbocycles. The first kappa shape index (κ1) is 11.6. The van der Waals surface area contributed by atoms with E-state index in [0.717, 1.165) is 29.3 Å². The van der Waals surface area contributed by atoms with Crippen molar-refractivity contribution >= 4 is 11.3 Å². The number of aryl methyl sites for hydroxylation is 1. The van der Waals surface area contributed by atoms with Crippen LogP contribution < -0.4 is 0 Å². The van der Waals surface area contributed by atoms with Gasteiger partial charge in [-0.3, -0.25) is 0 Å². The van der Waals surface area contributed by atoms with Gasteiger partial charge in [0.25, 0.3) is 0 Å². The molecule has 0 bridgehead atoms. The van der Waals surface area contributed by atoms with Crippen molar-refractivity contribution in [2.45, 2.75) is 50.7 Å². The summed E-state index contributed by atoms with van der Waals surface area (Å²) < 4.78 is 5.90. The fourth-order valence-corrected chi connectivity index (χ4v) is 3.87. The van der Waals surface area contributed by atoms with E-state index < -0.39 is 0 Å². The number of aliphatic hydroxyl groups excluding tert-OH is 1. The second kappa shape index (κ2) is 4.34. The zero-order valence-electron chi connectivity index (χ0n) is 10.2. The van der Waals surface area contributed by atoms with Crippen LogP contribution in [0, 0.1) is 12.8 Å². The zero-order valence-corrected chi connectivity index (χ0v) is 11.0. The van der Waals surface area contributed by atoms with E-state index in [1.54, 1.807) is 11.3 Å². The molecule has 1 spiro atoms. The highest BCUT2D eigenvalue weighted by Gasteiger charge is 2.44. The summed E-state index contributed by atoms with van der Waals surface area (Å²) >= 11 is 1.61. The Morgan fingerprint density at radius 2 is 2.41 bits per heavy atom. The Morgan fingerprint density at radius 3 is 3.00 bits per heavy atom. The summed E-state index contributed by atoms with van der Waals surface area (Å²) in [6, 6.07) is 0. The van der Waals surface area contributed by atoms with Gasteiger partial charge in [0.2, 0.25) is 0 Å².